The molecule has 2 N–H and O–H groups in total. The Morgan fingerprint density at radius 3 is 2.58 bits per heavy atom. The second-order valence-electron chi connectivity index (χ2n) is 5.88. The van der Waals surface area contributed by atoms with Crippen molar-refractivity contribution in [1.82, 2.24) is 9.29 Å². The third kappa shape index (κ3) is 3.68. The van der Waals surface area contributed by atoms with Crippen LogP contribution in [-0.2, 0) is 21.4 Å². The molecule has 0 spiro atoms. The molecule has 0 fully saturated rings. The number of hydrogen-bond donors (Lipinski definition) is 2. The van der Waals surface area contributed by atoms with E-state index >= 15 is 0 Å². The SMILES string of the molecule is CCn1c(=O)oc2cc(S(=O)(=O)N[C@H](CC(C)C)C(=O)O)ccc21. The number of hydrogen-bond acceptors (Lipinski definition) is 5. The fourth-order valence-corrected chi connectivity index (χ4v) is 3.66. The van der Waals surface area contributed by atoms with Crippen molar-refractivity contribution in [3.8, 4) is 0 Å². The maximum Gasteiger partial charge on any atom is 0.419 e. The summed E-state index contributed by atoms with van der Waals surface area (Å²) < 4.78 is 33.5. The molecule has 1 heterocycles. The van der Waals surface area contributed by atoms with E-state index in [-0.39, 0.29) is 22.8 Å². The predicted molar refractivity (Wildman–Crippen MR) is 87.3 cm³/mol. The molecule has 24 heavy (non-hydrogen) atoms. The number of benzene rings is 1. The van der Waals surface area contributed by atoms with Crippen LogP contribution < -0.4 is 10.5 Å². The molecule has 2 aromatic rings. The number of aryl methyl sites for hydroxylation is 1. The number of sulfonamides is 1. The first kappa shape index (κ1) is 18.2. The highest BCUT2D eigenvalue weighted by Crippen LogP contribution is 2.19. The summed E-state index contributed by atoms with van der Waals surface area (Å²) in [7, 11) is -4.05. The summed E-state index contributed by atoms with van der Waals surface area (Å²) in [5, 5.41) is 9.19. The lowest BCUT2D eigenvalue weighted by Crippen LogP contribution is -2.41. The molecule has 0 aliphatic heterocycles. The minimum atomic E-state index is -4.05. The van der Waals surface area contributed by atoms with Crippen molar-refractivity contribution in [2.75, 3.05) is 0 Å². The summed E-state index contributed by atoms with van der Waals surface area (Å²) >= 11 is 0. The number of carboxylic acids is 1. The molecule has 0 aliphatic rings. The Morgan fingerprint density at radius 2 is 2.04 bits per heavy atom. The van der Waals surface area contributed by atoms with Gasteiger partial charge < -0.3 is 9.52 Å². The van der Waals surface area contributed by atoms with Crippen LogP contribution in [0, 0.1) is 5.92 Å². The van der Waals surface area contributed by atoms with E-state index in [0.717, 1.165) is 0 Å². The van der Waals surface area contributed by atoms with Gasteiger partial charge in [-0.15, -0.1) is 0 Å². The molecule has 0 amide bonds. The van der Waals surface area contributed by atoms with Gasteiger partial charge in [0, 0.05) is 12.6 Å². The standard InChI is InChI=1S/C15H20N2O6S/c1-4-17-12-6-5-10(8-13(12)23-15(17)20)24(21,22)16-11(14(18)19)7-9(2)3/h5-6,8-9,11,16H,4,7H2,1-3H3,(H,18,19)/t11-/m1/s1. The number of carboxylic acid groups (broad SMARTS) is 1. The van der Waals surface area contributed by atoms with Gasteiger partial charge in [-0.25, -0.2) is 13.2 Å². The molecule has 1 aromatic heterocycles. The molecule has 0 unspecified atom stereocenters. The molecule has 0 bridgehead atoms. The predicted octanol–water partition coefficient (Wildman–Crippen LogP) is 1.39. The number of carbonyl (C=O) groups is 1. The molecule has 1 aromatic carbocycles. The second-order valence-corrected chi connectivity index (χ2v) is 7.60. The first-order chi connectivity index (χ1) is 11.2. The molecule has 0 aliphatic carbocycles. The van der Waals surface area contributed by atoms with E-state index in [2.05, 4.69) is 4.72 Å². The van der Waals surface area contributed by atoms with Crippen molar-refractivity contribution in [3.63, 3.8) is 0 Å². The Hall–Kier alpha value is -2.13. The van der Waals surface area contributed by atoms with Gasteiger partial charge in [0.2, 0.25) is 10.0 Å². The Balaban J connectivity index is 2.40. The number of aromatic nitrogens is 1. The number of nitrogens with one attached hydrogen (secondary N) is 1. The monoisotopic (exact) mass is 356 g/mol. The molecule has 2 rings (SSSR count). The number of fused-ring (bicyclic) bond motifs is 1. The van der Waals surface area contributed by atoms with Crippen molar-refractivity contribution < 1.29 is 22.7 Å². The smallest absolute Gasteiger partial charge is 0.419 e. The number of oxazole rings is 1. The third-order valence-corrected chi connectivity index (χ3v) is 5.04. The fourth-order valence-electron chi connectivity index (χ4n) is 2.44. The first-order valence-electron chi connectivity index (χ1n) is 7.54. The molecule has 0 saturated carbocycles. The Labute approximate surface area is 139 Å². The lowest BCUT2D eigenvalue weighted by atomic mass is 10.1. The van der Waals surface area contributed by atoms with Gasteiger partial charge in [-0.05, 0) is 31.4 Å². The van der Waals surface area contributed by atoms with Crippen molar-refractivity contribution in [3.05, 3.63) is 28.7 Å². The van der Waals surface area contributed by atoms with Crippen LogP contribution >= 0.6 is 0 Å². The summed E-state index contributed by atoms with van der Waals surface area (Å²) in [6.07, 6.45) is 0.165. The Morgan fingerprint density at radius 1 is 1.38 bits per heavy atom. The van der Waals surface area contributed by atoms with Crippen LogP contribution in [0.4, 0.5) is 0 Å². The van der Waals surface area contributed by atoms with Gasteiger partial charge >= 0.3 is 11.7 Å². The van der Waals surface area contributed by atoms with Crippen LogP contribution in [0.3, 0.4) is 0 Å². The van der Waals surface area contributed by atoms with Gasteiger partial charge in [-0.2, -0.15) is 4.72 Å². The van der Waals surface area contributed by atoms with Gasteiger partial charge in [0.25, 0.3) is 0 Å². The summed E-state index contributed by atoms with van der Waals surface area (Å²) in [5.41, 5.74) is 0.624. The number of nitrogens with zero attached hydrogens (tertiary/aromatic N) is 1. The summed E-state index contributed by atoms with van der Waals surface area (Å²) in [6, 6.07) is 2.79. The lowest BCUT2D eigenvalue weighted by molar-refractivity contribution is -0.139. The zero-order chi connectivity index (χ0) is 18.1. The molecular formula is C15H20N2O6S. The van der Waals surface area contributed by atoms with Crippen molar-refractivity contribution in [1.29, 1.82) is 0 Å². The molecule has 1 atom stereocenters. The Bertz CT molecular complexity index is 910. The maximum absolute atomic E-state index is 12.4. The number of rotatable bonds is 7. The highest BCUT2D eigenvalue weighted by Gasteiger charge is 2.26. The zero-order valence-corrected chi connectivity index (χ0v) is 14.5. The van der Waals surface area contributed by atoms with Gasteiger partial charge in [0.1, 0.15) is 6.04 Å². The molecule has 9 heteroatoms. The highest BCUT2D eigenvalue weighted by atomic mass is 32.2. The largest absolute Gasteiger partial charge is 0.480 e. The minimum absolute atomic E-state index is 0.00730. The molecule has 0 saturated heterocycles. The Kier molecular flexibility index (Phi) is 5.14. The molecule has 8 nitrogen and oxygen atoms in total. The molecule has 0 radical (unpaired) electrons. The van der Waals surface area contributed by atoms with Gasteiger partial charge in [-0.1, -0.05) is 13.8 Å². The van der Waals surface area contributed by atoms with E-state index < -0.39 is 27.8 Å². The normalized spacial score (nSPS) is 13.5. The van der Waals surface area contributed by atoms with E-state index in [4.69, 9.17) is 4.42 Å². The third-order valence-electron chi connectivity index (χ3n) is 3.57. The second kappa shape index (κ2) is 6.78. The minimum Gasteiger partial charge on any atom is -0.480 e. The van der Waals surface area contributed by atoms with Crippen LogP contribution in [0.25, 0.3) is 11.1 Å². The van der Waals surface area contributed by atoms with E-state index in [1.807, 2.05) is 0 Å². The average Bonchev–Trinajstić information content (AvgIpc) is 2.79. The average molecular weight is 356 g/mol. The van der Waals surface area contributed by atoms with Crippen molar-refractivity contribution >= 4 is 27.1 Å². The highest BCUT2D eigenvalue weighted by molar-refractivity contribution is 7.89. The quantitative estimate of drug-likeness (QED) is 0.774. The van der Waals surface area contributed by atoms with Crippen molar-refractivity contribution in [2.45, 2.75) is 44.7 Å². The van der Waals surface area contributed by atoms with Gasteiger partial charge in [0.15, 0.2) is 5.58 Å². The van der Waals surface area contributed by atoms with E-state index in [1.165, 1.54) is 22.8 Å². The van der Waals surface area contributed by atoms with Crippen LogP contribution in [0.5, 0.6) is 0 Å². The van der Waals surface area contributed by atoms with Crippen molar-refractivity contribution in [2.24, 2.45) is 5.92 Å². The molecular weight excluding hydrogens is 336 g/mol. The fraction of sp³-hybridized carbons (Fsp3) is 0.467. The van der Waals surface area contributed by atoms with Crippen LogP contribution in [0.15, 0.2) is 32.3 Å². The van der Waals surface area contributed by atoms with Crippen LogP contribution in [0.2, 0.25) is 0 Å². The topological polar surface area (TPSA) is 119 Å². The van der Waals surface area contributed by atoms with Gasteiger partial charge in [0.05, 0.1) is 10.4 Å². The van der Waals surface area contributed by atoms with E-state index in [1.54, 1.807) is 20.8 Å². The first-order valence-corrected chi connectivity index (χ1v) is 9.02. The number of aliphatic carboxylic acids is 1. The van der Waals surface area contributed by atoms with E-state index in [9.17, 15) is 23.1 Å². The summed E-state index contributed by atoms with van der Waals surface area (Å²) in [5.74, 6) is -1.80. The van der Waals surface area contributed by atoms with Crippen LogP contribution in [-0.4, -0.2) is 30.1 Å². The zero-order valence-electron chi connectivity index (χ0n) is 13.6. The van der Waals surface area contributed by atoms with E-state index in [0.29, 0.717) is 12.1 Å². The summed E-state index contributed by atoms with van der Waals surface area (Å²) in [4.78, 5) is 22.8. The molecule has 132 valence electrons. The maximum atomic E-state index is 12.4. The van der Waals surface area contributed by atoms with Gasteiger partial charge in [-0.3, -0.25) is 9.36 Å². The summed E-state index contributed by atoms with van der Waals surface area (Å²) in [6.45, 7) is 5.77. The lowest BCUT2D eigenvalue weighted by Gasteiger charge is -2.16. The van der Waals surface area contributed by atoms with Crippen LogP contribution in [0.1, 0.15) is 27.2 Å².